The second kappa shape index (κ2) is 11.2. The molecule has 4 aromatic rings. The molecule has 0 heterocycles. The van der Waals surface area contributed by atoms with Crippen molar-refractivity contribution in [2.75, 3.05) is 12.3 Å². The Hall–Kier alpha value is -2.26. The van der Waals surface area contributed by atoms with E-state index in [9.17, 15) is 0 Å². The Morgan fingerprint density at radius 2 is 0.697 bits per heavy atom. The molecule has 1 unspecified atom stereocenters. The smallest absolute Gasteiger partial charge is 0.0195 e. The Morgan fingerprint density at radius 1 is 0.424 bits per heavy atom. The molecule has 0 aliphatic heterocycles. The van der Waals surface area contributed by atoms with Gasteiger partial charge in [-0.05, 0) is 74.1 Å². The zero-order valence-electron chi connectivity index (χ0n) is 19.1. The molecule has 0 radical (unpaired) electrons. The van der Waals surface area contributed by atoms with E-state index in [1.165, 1.54) is 52.8 Å². The van der Waals surface area contributed by atoms with Crippen LogP contribution in [0.2, 0.25) is 0 Å². The fraction of sp³-hybridized carbons (Fsp3) is 0.226. The van der Waals surface area contributed by atoms with Gasteiger partial charge in [-0.3, -0.25) is 0 Å². The lowest BCUT2D eigenvalue weighted by Crippen LogP contribution is -2.24. The van der Waals surface area contributed by atoms with E-state index in [1.807, 2.05) is 0 Å². The van der Waals surface area contributed by atoms with Gasteiger partial charge in [0.15, 0.2) is 0 Å². The fourth-order valence-electron chi connectivity index (χ4n) is 5.21. The van der Waals surface area contributed by atoms with Crippen molar-refractivity contribution in [1.82, 2.24) is 0 Å². The maximum absolute atomic E-state index is 2.35. The van der Waals surface area contributed by atoms with Crippen molar-refractivity contribution in [2.24, 2.45) is 11.8 Å². The summed E-state index contributed by atoms with van der Waals surface area (Å²) >= 11 is 0. The van der Waals surface area contributed by atoms with E-state index < -0.39 is 0 Å². The minimum Gasteiger partial charge on any atom is -0.0622 e. The average molecular weight is 467 g/mol. The number of benzene rings is 4. The lowest BCUT2D eigenvalue weighted by Gasteiger charge is -2.29. The van der Waals surface area contributed by atoms with Crippen LogP contribution in [0.3, 0.4) is 0 Å². The van der Waals surface area contributed by atoms with Gasteiger partial charge in [0.2, 0.25) is 0 Å². The average Bonchev–Trinajstić information content (AvgIpc) is 3.34. The van der Waals surface area contributed by atoms with Crippen LogP contribution in [0.15, 0.2) is 121 Å². The molecule has 1 aliphatic rings. The van der Waals surface area contributed by atoms with Gasteiger partial charge in [-0.15, -0.1) is 0 Å². The molecule has 1 fully saturated rings. The second-order valence-electron chi connectivity index (χ2n) is 9.01. The van der Waals surface area contributed by atoms with E-state index in [2.05, 4.69) is 121 Å². The van der Waals surface area contributed by atoms with E-state index >= 15 is 0 Å². The van der Waals surface area contributed by atoms with Gasteiger partial charge in [-0.1, -0.05) is 128 Å². The molecule has 33 heavy (non-hydrogen) atoms. The molecule has 4 aromatic carbocycles. The summed E-state index contributed by atoms with van der Waals surface area (Å²) in [7, 11) is -0.630. The maximum Gasteiger partial charge on any atom is -0.0195 e. The van der Waals surface area contributed by atoms with E-state index in [1.54, 1.807) is 0 Å². The van der Waals surface area contributed by atoms with Crippen LogP contribution >= 0.6 is 15.8 Å². The molecule has 5 rings (SSSR count). The largest absolute Gasteiger partial charge is 0.0622 e. The van der Waals surface area contributed by atoms with Gasteiger partial charge in [0.25, 0.3) is 0 Å². The highest BCUT2D eigenvalue weighted by Crippen LogP contribution is 2.47. The first-order valence-electron chi connectivity index (χ1n) is 12.1. The predicted molar refractivity (Wildman–Crippen MR) is 149 cm³/mol. The van der Waals surface area contributed by atoms with Crippen molar-refractivity contribution < 1.29 is 0 Å². The summed E-state index contributed by atoms with van der Waals surface area (Å²) in [6.07, 6.45) is 6.79. The van der Waals surface area contributed by atoms with E-state index in [-0.39, 0.29) is 15.8 Å². The first-order valence-corrected chi connectivity index (χ1v) is 15.2. The summed E-state index contributed by atoms with van der Waals surface area (Å²) in [5, 5.41) is 6.10. The highest BCUT2D eigenvalue weighted by Gasteiger charge is 2.32. The zero-order chi connectivity index (χ0) is 22.3. The van der Waals surface area contributed by atoms with Crippen LogP contribution in [0, 0.1) is 11.8 Å². The van der Waals surface area contributed by atoms with Crippen molar-refractivity contribution >= 4 is 37.1 Å². The molecule has 0 saturated heterocycles. The molecular formula is C31H32P2. The van der Waals surface area contributed by atoms with Gasteiger partial charge in [-0.25, -0.2) is 0 Å². The van der Waals surface area contributed by atoms with Crippen LogP contribution in [0.5, 0.6) is 0 Å². The van der Waals surface area contributed by atoms with Gasteiger partial charge < -0.3 is 0 Å². The molecule has 2 heteroatoms. The number of hydrogen-bond donors (Lipinski definition) is 0. The van der Waals surface area contributed by atoms with Crippen LogP contribution in [0.25, 0.3) is 0 Å². The van der Waals surface area contributed by atoms with Crippen LogP contribution in [-0.4, -0.2) is 12.3 Å². The molecule has 1 aliphatic carbocycles. The third kappa shape index (κ3) is 5.63. The van der Waals surface area contributed by atoms with E-state index in [0.717, 1.165) is 11.8 Å². The van der Waals surface area contributed by atoms with Crippen LogP contribution in [0.1, 0.15) is 19.3 Å². The quantitative estimate of drug-likeness (QED) is 0.255. The first-order chi connectivity index (χ1) is 16.4. The topological polar surface area (TPSA) is 0 Å². The molecule has 0 spiro atoms. The van der Waals surface area contributed by atoms with Crippen molar-refractivity contribution in [2.45, 2.75) is 19.3 Å². The van der Waals surface area contributed by atoms with Gasteiger partial charge >= 0.3 is 0 Å². The molecule has 0 amide bonds. The second-order valence-corrected chi connectivity index (χ2v) is 13.5. The predicted octanol–water partition coefficient (Wildman–Crippen LogP) is 6.67. The summed E-state index contributed by atoms with van der Waals surface area (Å²) in [6, 6.07) is 45.1. The van der Waals surface area contributed by atoms with Crippen LogP contribution in [-0.2, 0) is 0 Å². The normalized spacial score (nSPS) is 18.1. The van der Waals surface area contributed by atoms with Crippen LogP contribution < -0.4 is 21.2 Å². The molecule has 0 bridgehead atoms. The molecular weight excluding hydrogens is 434 g/mol. The van der Waals surface area contributed by atoms with E-state index in [4.69, 9.17) is 0 Å². The minimum absolute atomic E-state index is 0.315. The summed E-state index contributed by atoms with van der Waals surface area (Å²) in [5.74, 6) is 1.63. The molecule has 0 aromatic heterocycles. The first kappa shape index (κ1) is 22.5. The Balaban J connectivity index is 1.40. The monoisotopic (exact) mass is 466 g/mol. The minimum atomic E-state index is -0.315. The maximum atomic E-state index is 2.35. The standard InChI is InChI=1S/C31H32P2/c1-5-16-28(17-6-1)32(29-18-7-2-8-19-29)24-26-14-13-15-27(26)25-33(30-20-9-3-10-21-30)31-22-11-4-12-23-31/h1-12,16-23,26-27H,13-15,24-25H2/t26-,27?/m0/s1. The summed E-state index contributed by atoms with van der Waals surface area (Å²) < 4.78 is 0. The Labute approximate surface area is 201 Å². The highest BCUT2D eigenvalue weighted by molar-refractivity contribution is 7.73. The van der Waals surface area contributed by atoms with Crippen LogP contribution in [0.4, 0.5) is 0 Å². The highest BCUT2D eigenvalue weighted by atomic mass is 31.1. The Bertz CT molecular complexity index is 927. The molecule has 166 valence electrons. The lowest BCUT2D eigenvalue weighted by molar-refractivity contribution is 0.469. The molecule has 1 saturated carbocycles. The SMILES string of the molecule is c1ccc(P(CC2CCC[C@H]2CP(c2ccccc2)c2ccccc2)c2ccccc2)cc1. The third-order valence-electron chi connectivity index (χ3n) is 6.92. The van der Waals surface area contributed by atoms with Gasteiger partial charge in [-0.2, -0.15) is 0 Å². The van der Waals surface area contributed by atoms with Crippen molar-refractivity contribution in [3.8, 4) is 0 Å². The number of hydrogen-bond acceptors (Lipinski definition) is 0. The molecule has 0 N–H and O–H groups in total. The van der Waals surface area contributed by atoms with Gasteiger partial charge in [0, 0.05) is 0 Å². The van der Waals surface area contributed by atoms with Crippen molar-refractivity contribution in [1.29, 1.82) is 0 Å². The van der Waals surface area contributed by atoms with Gasteiger partial charge in [0.05, 0.1) is 0 Å². The Kier molecular flexibility index (Phi) is 7.68. The summed E-state index contributed by atoms with van der Waals surface area (Å²) in [4.78, 5) is 0. The summed E-state index contributed by atoms with van der Waals surface area (Å²) in [5.41, 5.74) is 0. The third-order valence-corrected chi connectivity index (χ3v) is 12.3. The molecule has 2 atom stereocenters. The molecule has 0 nitrogen and oxygen atoms in total. The van der Waals surface area contributed by atoms with E-state index in [0.29, 0.717) is 0 Å². The summed E-state index contributed by atoms with van der Waals surface area (Å²) in [6.45, 7) is 0. The van der Waals surface area contributed by atoms with Crippen molar-refractivity contribution in [3.05, 3.63) is 121 Å². The number of rotatable bonds is 8. The fourth-order valence-corrected chi connectivity index (χ4v) is 10.7. The van der Waals surface area contributed by atoms with Crippen molar-refractivity contribution in [3.63, 3.8) is 0 Å². The lowest BCUT2D eigenvalue weighted by atomic mass is 10.0. The zero-order valence-corrected chi connectivity index (χ0v) is 20.9. The van der Waals surface area contributed by atoms with Gasteiger partial charge in [0.1, 0.15) is 0 Å². The Morgan fingerprint density at radius 3 is 0.970 bits per heavy atom.